The first-order chi connectivity index (χ1) is 9.06. The van der Waals surface area contributed by atoms with Crippen molar-refractivity contribution < 1.29 is 23.4 Å². The van der Waals surface area contributed by atoms with E-state index in [9.17, 15) is 13.9 Å². The molecule has 0 radical (unpaired) electrons. The van der Waals surface area contributed by atoms with Crippen LogP contribution in [0.15, 0.2) is 18.2 Å². The number of aliphatic hydroxyl groups excluding tert-OH is 1. The van der Waals surface area contributed by atoms with Gasteiger partial charge in [-0.1, -0.05) is 13.0 Å². The maximum Gasteiger partial charge on any atom is 0.387 e. The fourth-order valence-electron chi connectivity index (χ4n) is 1.55. The van der Waals surface area contributed by atoms with Gasteiger partial charge >= 0.3 is 6.61 Å². The third-order valence-electron chi connectivity index (χ3n) is 2.62. The van der Waals surface area contributed by atoms with Gasteiger partial charge in [0.1, 0.15) is 0 Å². The van der Waals surface area contributed by atoms with E-state index in [0.717, 1.165) is 5.56 Å². The first-order valence-electron chi connectivity index (χ1n) is 6.07. The van der Waals surface area contributed by atoms with E-state index < -0.39 is 12.7 Å². The molecule has 1 aromatic carbocycles. The number of ether oxygens (including phenoxy) is 2. The number of halogens is 2. The molecule has 0 aliphatic rings. The normalized spacial score (nSPS) is 12.5. The Morgan fingerprint density at radius 1 is 1.32 bits per heavy atom. The summed E-state index contributed by atoms with van der Waals surface area (Å²) in [5.74, 6) is 0.269. The smallest absolute Gasteiger partial charge is 0.387 e. The molecule has 0 saturated carbocycles. The van der Waals surface area contributed by atoms with Crippen LogP contribution >= 0.6 is 0 Å². The predicted octanol–water partition coefficient (Wildman–Crippen LogP) is 2.16. The summed E-state index contributed by atoms with van der Waals surface area (Å²) in [5.41, 5.74) is 0.778. The third-order valence-corrected chi connectivity index (χ3v) is 2.62. The number of rotatable bonds is 8. The number of hydrogen-bond donors (Lipinski definition) is 2. The van der Waals surface area contributed by atoms with Gasteiger partial charge in [0.25, 0.3) is 0 Å². The summed E-state index contributed by atoms with van der Waals surface area (Å²) in [7, 11) is 1.39. The number of alkyl halides is 2. The molecule has 0 heterocycles. The molecule has 0 amide bonds. The van der Waals surface area contributed by atoms with Crippen LogP contribution in [0.3, 0.4) is 0 Å². The molecule has 0 aliphatic carbocycles. The van der Waals surface area contributed by atoms with E-state index in [0.29, 0.717) is 19.5 Å². The van der Waals surface area contributed by atoms with E-state index >= 15 is 0 Å². The summed E-state index contributed by atoms with van der Waals surface area (Å²) in [4.78, 5) is 0. The molecule has 0 aliphatic heterocycles. The number of methoxy groups -OCH3 is 1. The molecular formula is C13H19F2NO3. The largest absolute Gasteiger partial charge is 0.493 e. The van der Waals surface area contributed by atoms with Gasteiger partial charge in [0.15, 0.2) is 11.5 Å². The van der Waals surface area contributed by atoms with Gasteiger partial charge in [0.2, 0.25) is 0 Å². The van der Waals surface area contributed by atoms with Crippen LogP contribution in [0.4, 0.5) is 8.78 Å². The van der Waals surface area contributed by atoms with Crippen molar-refractivity contribution in [3.8, 4) is 11.5 Å². The van der Waals surface area contributed by atoms with Gasteiger partial charge in [0, 0.05) is 13.1 Å². The van der Waals surface area contributed by atoms with Gasteiger partial charge in [-0.2, -0.15) is 8.78 Å². The van der Waals surface area contributed by atoms with Crippen molar-refractivity contribution in [2.24, 2.45) is 0 Å². The summed E-state index contributed by atoms with van der Waals surface area (Å²) in [6.07, 6.45) is 0.255. The Hall–Kier alpha value is -1.40. The number of benzene rings is 1. The van der Waals surface area contributed by atoms with Crippen LogP contribution in [-0.4, -0.2) is 31.5 Å². The minimum absolute atomic E-state index is 0.00726. The van der Waals surface area contributed by atoms with Crippen molar-refractivity contribution in [2.75, 3.05) is 13.7 Å². The molecule has 2 N–H and O–H groups in total. The number of hydrogen-bond acceptors (Lipinski definition) is 4. The molecular weight excluding hydrogens is 256 g/mol. The van der Waals surface area contributed by atoms with Gasteiger partial charge in [0.05, 0.1) is 13.2 Å². The monoisotopic (exact) mass is 275 g/mol. The van der Waals surface area contributed by atoms with Crippen LogP contribution in [0.25, 0.3) is 0 Å². The molecule has 1 unspecified atom stereocenters. The SMILES string of the molecule is CCC(O)CNCc1ccc(OC)c(OC(F)F)c1. The first kappa shape index (κ1) is 15.7. The summed E-state index contributed by atoms with van der Waals surface area (Å²) >= 11 is 0. The van der Waals surface area contributed by atoms with Crippen LogP contribution in [0.2, 0.25) is 0 Å². The van der Waals surface area contributed by atoms with Gasteiger partial charge in [-0.05, 0) is 24.1 Å². The quantitative estimate of drug-likeness (QED) is 0.763. The van der Waals surface area contributed by atoms with Crippen LogP contribution in [0, 0.1) is 0 Å². The molecule has 0 spiro atoms. The van der Waals surface area contributed by atoms with E-state index in [4.69, 9.17) is 4.74 Å². The second-order valence-corrected chi connectivity index (χ2v) is 4.06. The van der Waals surface area contributed by atoms with Gasteiger partial charge in [-0.15, -0.1) is 0 Å². The summed E-state index contributed by atoms with van der Waals surface area (Å²) in [6, 6.07) is 4.82. The molecule has 1 aromatic rings. The Morgan fingerprint density at radius 3 is 2.63 bits per heavy atom. The average Bonchev–Trinajstić information content (AvgIpc) is 2.38. The Labute approximate surface area is 111 Å². The zero-order valence-corrected chi connectivity index (χ0v) is 11.0. The second kappa shape index (κ2) is 7.91. The lowest BCUT2D eigenvalue weighted by Crippen LogP contribution is -2.25. The summed E-state index contributed by atoms with van der Waals surface area (Å²) in [6.45, 7) is -0.0956. The predicted molar refractivity (Wildman–Crippen MR) is 67.6 cm³/mol. The average molecular weight is 275 g/mol. The molecule has 19 heavy (non-hydrogen) atoms. The Balaban J connectivity index is 2.64. The highest BCUT2D eigenvalue weighted by molar-refractivity contribution is 5.42. The van der Waals surface area contributed by atoms with Gasteiger partial charge in [-0.25, -0.2) is 0 Å². The lowest BCUT2D eigenvalue weighted by molar-refractivity contribution is -0.0512. The van der Waals surface area contributed by atoms with Crippen molar-refractivity contribution in [3.63, 3.8) is 0 Å². The molecule has 6 heteroatoms. The zero-order chi connectivity index (χ0) is 14.3. The second-order valence-electron chi connectivity index (χ2n) is 4.06. The zero-order valence-electron chi connectivity index (χ0n) is 11.0. The molecule has 4 nitrogen and oxygen atoms in total. The Morgan fingerprint density at radius 2 is 2.05 bits per heavy atom. The van der Waals surface area contributed by atoms with Gasteiger partial charge in [-0.3, -0.25) is 0 Å². The van der Waals surface area contributed by atoms with Gasteiger partial charge < -0.3 is 19.9 Å². The summed E-state index contributed by atoms with van der Waals surface area (Å²) in [5, 5.41) is 12.4. The van der Waals surface area contributed by atoms with E-state index in [1.807, 2.05) is 6.92 Å². The van der Waals surface area contributed by atoms with Crippen LogP contribution in [0.5, 0.6) is 11.5 Å². The fraction of sp³-hybridized carbons (Fsp3) is 0.538. The standard InChI is InChI=1S/C13H19F2NO3/c1-3-10(17)8-16-7-9-4-5-11(18-2)12(6-9)19-13(14)15/h4-6,10,13,16-17H,3,7-8H2,1-2H3. The lowest BCUT2D eigenvalue weighted by atomic mass is 10.2. The highest BCUT2D eigenvalue weighted by Crippen LogP contribution is 2.29. The molecule has 108 valence electrons. The minimum atomic E-state index is -2.89. The number of nitrogens with one attached hydrogen (secondary N) is 1. The maximum absolute atomic E-state index is 12.2. The van der Waals surface area contributed by atoms with E-state index in [1.165, 1.54) is 13.2 Å². The lowest BCUT2D eigenvalue weighted by Gasteiger charge is -2.13. The van der Waals surface area contributed by atoms with E-state index in [2.05, 4.69) is 10.1 Å². The van der Waals surface area contributed by atoms with Crippen LogP contribution in [-0.2, 0) is 6.54 Å². The molecule has 0 bridgehead atoms. The summed E-state index contributed by atoms with van der Waals surface area (Å²) < 4.78 is 33.8. The first-order valence-corrected chi connectivity index (χ1v) is 6.07. The Bertz CT molecular complexity index is 388. The topological polar surface area (TPSA) is 50.7 Å². The maximum atomic E-state index is 12.2. The Kier molecular flexibility index (Phi) is 6.52. The van der Waals surface area contributed by atoms with Crippen molar-refractivity contribution >= 4 is 0 Å². The van der Waals surface area contributed by atoms with Crippen molar-refractivity contribution in [1.29, 1.82) is 0 Å². The molecule has 0 aromatic heterocycles. The van der Waals surface area contributed by atoms with Crippen molar-refractivity contribution in [2.45, 2.75) is 32.6 Å². The molecule has 0 fully saturated rings. The fourth-order valence-corrected chi connectivity index (χ4v) is 1.55. The highest BCUT2D eigenvalue weighted by Gasteiger charge is 2.11. The van der Waals surface area contributed by atoms with E-state index in [-0.39, 0.29) is 11.5 Å². The third kappa shape index (κ3) is 5.40. The van der Waals surface area contributed by atoms with E-state index in [1.54, 1.807) is 12.1 Å². The van der Waals surface area contributed by atoms with Crippen molar-refractivity contribution in [3.05, 3.63) is 23.8 Å². The molecule has 1 rings (SSSR count). The highest BCUT2D eigenvalue weighted by atomic mass is 19.3. The number of aliphatic hydroxyl groups is 1. The minimum Gasteiger partial charge on any atom is -0.493 e. The van der Waals surface area contributed by atoms with Crippen LogP contribution < -0.4 is 14.8 Å². The molecule has 0 saturated heterocycles. The molecule has 1 atom stereocenters. The van der Waals surface area contributed by atoms with Crippen molar-refractivity contribution in [1.82, 2.24) is 5.32 Å². The van der Waals surface area contributed by atoms with Crippen LogP contribution in [0.1, 0.15) is 18.9 Å².